The minimum absolute atomic E-state index is 0.0165. The number of ether oxygens (including phenoxy) is 1. The number of rotatable bonds is 3. The van der Waals surface area contributed by atoms with Gasteiger partial charge in [-0.15, -0.1) is 0 Å². The molecule has 0 bridgehead atoms. The molecule has 5 heteroatoms. The van der Waals surface area contributed by atoms with Crippen LogP contribution in [-0.2, 0) is 0 Å². The van der Waals surface area contributed by atoms with Crippen molar-refractivity contribution >= 4 is 16.5 Å². The number of aromatic nitrogens is 1. The lowest BCUT2D eigenvalue weighted by Gasteiger charge is -2.07. The minimum Gasteiger partial charge on any atom is -0.497 e. The van der Waals surface area contributed by atoms with Gasteiger partial charge in [0, 0.05) is 10.9 Å². The first kappa shape index (κ1) is 13.1. The summed E-state index contributed by atoms with van der Waals surface area (Å²) in [6.45, 7) is 0. The second kappa shape index (κ2) is 5.20. The number of pyridine rings is 1. The van der Waals surface area contributed by atoms with E-state index in [2.05, 4.69) is 4.98 Å². The summed E-state index contributed by atoms with van der Waals surface area (Å²) in [5.41, 5.74) is 1.63. The lowest BCUT2D eigenvalue weighted by Crippen LogP contribution is -1.94. The van der Waals surface area contributed by atoms with Crippen LogP contribution in [0.15, 0.2) is 54.7 Å². The lowest BCUT2D eigenvalue weighted by molar-refractivity contribution is -0.383. The Bertz CT molecular complexity index is 813. The highest BCUT2D eigenvalue weighted by Crippen LogP contribution is 2.32. The van der Waals surface area contributed by atoms with E-state index in [1.54, 1.807) is 19.2 Å². The predicted octanol–water partition coefficient (Wildman–Crippen LogP) is 3.82. The van der Waals surface area contributed by atoms with E-state index >= 15 is 0 Å². The number of nitrogens with zero attached hydrogens (tertiary/aromatic N) is 2. The van der Waals surface area contributed by atoms with Crippen molar-refractivity contribution in [3.05, 3.63) is 64.8 Å². The quantitative estimate of drug-likeness (QED) is 0.540. The molecule has 104 valence electrons. The van der Waals surface area contributed by atoms with Crippen LogP contribution in [0.25, 0.3) is 22.0 Å². The molecule has 0 radical (unpaired) electrons. The third-order valence-electron chi connectivity index (χ3n) is 3.33. The summed E-state index contributed by atoms with van der Waals surface area (Å²) < 4.78 is 5.13. The summed E-state index contributed by atoms with van der Waals surface area (Å²) in [6, 6.07) is 14.7. The molecule has 3 rings (SSSR count). The van der Waals surface area contributed by atoms with E-state index in [9.17, 15) is 10.1 Å². The van der Waals surface area contributed by atoms with Gasteiger partial charge < -0.3 is 4.74 Å². The van der Waals surface area contributed by atoms with Crippen molar-refractivity contribution in [1.82, 2.24) is 4.98 Å². The van der Waals surface area contributed by atoms with Gasteiger partial charge in [-0.1, -0.05) is 18.2 Å². The first-order chi connectivity index (χ1) is 10.2. The molecule has 0 fully saturated rings. The van der Waals surface area contributed by atoms with Crippen LogP contribution in [0, 0.1) is 10.1 Å². The van der Waals surface area contributed by atoms with Crippen LogP contribution in [0.2, 0.25) is 0 Å². The molecule has 0 saturated carbocycles. The molecule has 5 nitrogen and oxygen atoms in total. The maximum atomic E-state index is 11.1. The minimum atomic E-state index is -0.410. The monoisotopic (exact) mass is 280 g/mol. The van der Waals surface area contributed by atoms with Gasteiger partial charge in [0.2, 0.25) is 0 Å². The van der Waals surface area contributed by atoms with Gasteiger partial charge in [0.25, 0.3) is 5.69 Å². The normalized spacial score (nSPS) is 10.5. The van der Waals surface area contributed by atoms with Gasteiger partial charge in [-0.3, -0.25) is 10.1 Å². The maximum Gasteiger partial charge on any atom is 0.295 e. The van der Waals surface area contributed by atoms with Crippen LogP contribution >= 0.6 is 0 Å². The fourth-order valence-corrected chi connectivity index (χ4v) is 2.30. The summed E-state index contributed by atoms with van der Waals surface area (Å²) in [7, 11) is 1.61. The van der Waals surface area contributed by atoms with Crippen molar-refractivity contribution in [2.75, 3.05) is 7.11 Å². The lowest BCUT2D eigenvalue weighted by atomic mass is 10.0. The van der Waals surface area contributed by atoms with Crippen LogP contribution < -0.4 is 4.74 Å². The van der Waals surface area contributed by atoms with Gasteiger partial charge in [0.1, 0.15) is 11.9 Å². The van der Waals surface area contributed by atoms with E-state index in [1.807, 2.05) is 36.4 Å². The van der Waals surface area contributed by atoms with Crippen LogP contribution in [0.3, 0.4) is 0 Å². The number of nitro groups is 1. The zero-order chi connectivity index (χ0) is 14.8. The van der Waals surface area contributed by atoms with Gasteiger partial charge >= 0.3 is 0 Å². The molecule has 21 heavy (non-hydrogen) atoms. The summed E-state index contributed by atoms with van der Waals surface area (Å²) in [6.07, 6.45) is 1.31. The summed E-state index contributed by atoms with van der Waals surface area (Å²) in [5.74, 6) is 0.755. The van der Waals surface area contributed by atoms with Crippen LogP contribution in [0.1, 0.15) is 0 Å². The van der Waals surface area contributed by atoms with Gasteiger partial charge in [0.05, 0.1) is 23.1 Å². The van der Waals surface area contributed by atoms with Crippen LogP contribution in [-0.4, -0.2) is 17.0 Å². The Labute approximate surface area is 121 Å². The van der Waals surface area contributed by atoms with E-state index in [0.717, 1.165) is 22.4 Å². The Morgan fingerprint density at radius 2 is 1.71 bits per heavy atom. The second-order valence-electron chi connectivity index (χ2n) is 4.52. The molecule has 0 aliphatic rings. The van der Waals surface area contributed by atoms with Gasteiger partial charge in [0.15, 0.2) is 0 Å². The number of hydrogen-bond acceptors (Lipinski definition) is 4. The van der Waals surface area contributed by atoms with Crippen LogP contribution in [0.5, 0.6) is 5.75 Å². The number of fused-ring (bicyclic) bond motifs is 1. The van der Waals surface area contributed by atoms with Gasteiger partial charge in [-0.05, 0) is 30.3 Å². The third-order valence-corrected chi connectivity index (χ3v) is 3.33. The molecule has 0 atom stereocenters. The fraction of sp³-hybridized carbons (Fsp3) is 0.0625. The van der Waals surface area contributed by atoms with E-state index in [-0.39, 0.29) is 5.69 Å². The Balaban J connectivity index is 2.23. The Morgan fingerprint density at radius 1 is 1.05 bits per heavy atom. The molecule has 0 N–H and O–H groups in total. The average molecular weight is 280 g/mol. The SMILES string of the molecule is COc1ccc(-c2ncc([N+](=O)[O-])c3ccccc23)cc1. The zero-order valence-electron chi connectivity index (χ0n) is 11.3. The molecular formula is C16H12N2O3. The third kappa shape index (κ3) is 2.29. The van der Waals surface area contributed by atoms with E-state index in [1.165, 1.54) is 6.20 Å². The highest BCUT2D eigenvalue weighted by Gasteiger charge is 2.15. The molecule has 3 aromatic rings. The molecule has 1 aromatic heterocycles. The summed E-state index contributed by atoms with van der Waals surface area (Å²) in [5, 5.41) is 12.4. The number of hydrogen-bond donors (Lipinski definition) is 0. The molecule has 0 spiro atoms. The van der Waals surface area contributed by atoms with Crippen LogP contribution in [0.4, 0.5) is 5.69 Å². The van der Waals surface area contributed by atoms with Crippen molar-refractivity contribution in [3.8, 4) is 17.0 Å². The van der Waals surface area contributed by atoms with Crippen molar-refractivity contribution in [2.45, 2.75) is 0 Å². The predicted molar refractivity (Wildman–Crippen MR) is 80.4 cm³/mol. The number of benzene rings is 2. The average Bonchev–Trinajstić information content (AvgIpc) is 2.54. The van der Waals surface area contributed by atoms with E-state index < -0.39 is 4.92 Å². The highest BCUT2D eigenvalue weighted by atomic mass is 16.6. The van der Waals surface area contributed by atoms with E-state index in [0.29, 0.717) is 5.39 Å². The topological polar surface area (TPSA) is 65.3 Å². The molecule has 0 aliphatic heterocycles. The maximum absolute atomic E-state index is 11.1. The molecular weight excluding hydrogens is 268 g/mol. The standard InChI is InChI=1S/C16H12N2O3/c1-21-12-8-6-11(7-9-12)16-14-5-3-2-4-13(14)15(10-17-16)18(19)20/h2-10H,1H3. The Hall–Kier alpha value is -2.95. The van der Waals surface area contributed by atoms with Gasteiger partial charge in [-0.25, -0.2) is 4.98 Å². The highest BCUT2D eigenvalue weighted by molar-refractivity contribution is 5.99. The van der Waals surface area contributed by atoms with Crippen molar-refractivity contribution in [3.63, 3.8) is 0 Å². The van der Waals surface area contributed by atoms with Crippen molar-refractivity contribution < 1.29 is 9.66 Å². The molecule has 0 saturated heterocycles. The van der Waals surface area contributed by atoms with E-state index in [4.69, 9.17) is 4.74 Å². The smallest absolute Gasteiger partial charge is 0.295 e. The molecule has 1 heterocycles. The summed E-state index contributed by atoms with van der Waals surface area (Å²) >= 11 is 0. The Morgan fingerprint density at radius 3 is 2.33 bits per heavy atom. The summed E-state index contributed by atoms with van der Waals surface area (Å²) in [4.78, 5) is 15.0. The van der Waals surface area contributed by atoms with Crippen molar-refractivity contribution in [2.24, 2.45) is 0 Å². The van der Waals surface area contributed by atoms with Gasteiger partial charge in [-0.2, -0.15) is 0 Å². The molecule has 2 aromatic carbocycles. The zero-order valence-corrected chi connectivity index (χ0v) is 11.3. The fourth-order valence-electron chi connectivity index (χ4n) is 2.30. The number of methoxy groups -OCH3 is 1. The molecule has 0 unspecified atom stereocenters. The Kier molecular flexibility index (Phi) is 3.23. The second-order valence-corrected chi connectivity index (χ2v) is 4.52. The molecule has 0 aliphatic carbocycles. The molecule has 0 amide bonds. The van der Waals surface area contributed by atoms with Crippen molar-refractivity contribution in [1.29, 1.82) is 0 Å². The first-order valence-electron chi connectivity index (χ1n) is 6.37. The largest absolute Gasteiger partial charge is 0.497 e. The first-order valence-corrected chi connectivity index (χ1v) is 6.37.